The zero-order valence-corrected chi connectivity index (χ0v) is 55.6. The highest BCUT2D eigenvalue weighted by atomic mass is 15.0. The van der Waals surface area contributed by atoms with Crippen LogP contribution in [0, 0.1) is 0 Å². The molecular formula is C91H80N2. The van der Waals surface area contributed by atoms with Crippen molar-refractivity contribution in [2.24, 2.45) is 7.05 Å². The van der Waals surface area contributed by atoms with Crippen molar-refractivity contribution in [3.63, 3.8) is 0 Å². The van der Waals surface area contributed by atoms with Gasteiger partial charge in [0.2, 0.25) is 0 Å². The van der Waals surface area contributed by atoms with E-state index in [4.69, 9.17) is 0 Å². The minimum Gasteiger partial charge on any atom is -0.344 e. The number of hydrogen-bond donors (Lipinski definition) is 0. The number of benzene rings is 14. The highest BCUT2D eigenvalue weighted by molar-refractivity contribution is 6.23. The normalized spacial score (nSPS) is 12.3. The van der Waals surface area contributed by atoms with E-state index in [0.717, 1.165) is 6.54 Å². The van der Waals surface area contributed by atoms with Gasteiger partial charge in [-0.3, -0.25) is 0 Å². The van der Waals surface area contributed by atoms with Gasteiger partial charge in [-0.25, -0.2) is 0 Å². The molecule has 14 aromatic carbocycles. The van der Waals surface area contributed by atoms with Crippen LogP contribution in [0.2, 0.25) is 0 Å². The molecule has 0 saturated carbocycles. The highest BCUT2D eigenvalue weighted by Gasteiger charge is 2.25. The molecule has 2 heterocycles. The summed E-state index contributed by atoms with van der Waals surface area (Å²) in [5.74, 6) is 0. The third-order valence-electron chi connectivity index (χ3n) is 19.8. The van der Waals surface area contributed by atoms with Crippen LogP contribution in [0.5, 0.6) is 0 Å². The second-order valence-corrected chi connectivity index (χ2v) is 28.8. The Kier molecular flexibility index (Phi) is 14.5. The molecule has 2 heteroatoms. The minimum atomic E-state index is 0.0382. The summed E-state index contributed by atoms with van der Waals surface area (Å²) in [6.07, 6.45) is 0. The molecule has 0 radical (unpaired) electrons. The van der Waals surface area contributed by atoms with Gasteiger partial charge in [0.1, 0.15) is 0 Å². The predicted octanol–water partition coefficient (Wildman–Crippen LogP) is 25.7. The number of rotatable bonds is 7. The van der Waals surface area contributed by atoms with Crippen molar-refractivity contribution in [3.05, 3.63) is 290 Å². The molecule has 0 unspecified atom stereocenters. The van der Waals surface area contributed by atoms with Crippen LogP contribution in [0.1, 0.15) is 85.9 Å². The van der Waals surface area contributed by atoms with E-state index in [-0.39, 0.29) is 16.2 Å². The van der Waals surface area contributed by atoms with Crippen LogP contribution >= 0.6 is 0 Å². The molecule has 16 aromatic rings. The van der Waals surface area contributed by atoms with E-state index in [0.29, 0.717) is 0 Å². The van der Waals surface area contributed by atoms with Gasteiger partial charge in [-0.15, -0.1) is 0 Å². The molecule has 16 rings (SSSR count). The summed E-state index contributed by atoms with van der Waals surface area (Å²) in [4.78, 5) is 0. The third kappa shape index (κ3) is 10.4. The number of para-hydroxylation sites is 2. The molecule has 0 N–H and O–H groups in total. The Morgan fingerprint density at radius 2 is 0.527 bits per heavy atom. The lowest BCUT2D eigenvalue weighted by Crippen LogP contribution is -2.16. The van der Waals surface area contributed by atoms with Crippen LogP contribution in [0.4, 0.5) is 0 Å². The fraction of sp³-hybridized carbons (Fsp3) is 0.165. The standard InChI is InChI=1S/C48H45N.C43H35N/c1-8-49-43-23-14-13-18-37(43)42-29-32(24-25-44(42)49)31-16-15-17-33(26-31)45-38-19-9-11-21-40(38)46(41-22-12-10-20-39(41)45)34-27-35(47(2,3)4)30-36(28-34)48(5,6)7;1-43(2,3)32-23-20-28(21-24-32)41-34-15-5-7-17-36(34)42(37-18-8-6-16-35(37)41)31-13-11-12-29(26-31)30-22-25-40-38(27-30)33-14-9-10-19-39(33)44(40)4/h9-30H,8H2,1-7H3;5-27H,1-4H3. The molecule has 0 amide bonds. The average Bonchev–Trinajstić information content (AvgIpc) is 1.51. The molecule has 0 atom stereocenters. The second kappa shape index (κ2) is 22.8. The van der Waals surface area contributed by atoms with Gasteiger partial charge in [0.05, 0.1) is 0 Å². The monoisotopic (exact) mass is 1200 g/mol. The zero-order chi connectivity index (χ0) is 64.1. The molecule has 0 aliphatic heterocycles. The largest absolute Gasteiger partial charge is 0.344 e. The van der Waals surface area contributed by atoms with Crippen molar-refractivity contribution in [1.82, 2.24) is 9.13 Å². The van der Waals surface area contributed by atoms with Gasteiger partial charge in [-0.05, 0) is 198 Å². The first-order chi connectivity index (χ1) is 44.9. The quantitative estimate of drug-likeness (QED) is 0.141. The van der Waals surface area contributed by atoms with Gasteiger partial charge in [0, 0.05) is 57.2 Å². The summed E-state index contributed by atoms with van der Waals surface area (Å²) in [6, 6.07) is 102. The van der Waals surface area contributed by atoms with E-state index >= 15 is 0 Å². The Hall–Kier alpha value is -10.3. The van der Waals surface area contributed by atoms with E-state index in [1.54, 1.807) is 0 Å². The molecule has 0 spiro atoms. The SMILES string of the molecule is CCn1c2ccccc2c2cc(-c3cccc(-c4c5ccccc5c(-c5cc(C(C)(C)C)cc(C(C)(C)C)c5)c5ccccc45)c3)ccc21.Cn1c2ccccc2c2cc(-c3cccc(-c4c5ccccc5c(-c5ccc(C(C)(C)C)cc5)c5ccccc45)c3)ccc21. The fourth-order valence-electron chi connectivity index (χ4n) is 14.9. The summed E-state index contributed by atoms with van der Waals surface area (Å²) >= 11 is 0. The lowest BCUT2D eigenvalue weighted by Gasteiger charge is -2.27. The van der Waals surface area contributed by atoms with Crippen LogP contribution in [-0.2, 0) is 29.8 Å². The molecule has 2 aromatic heterocycles. The lowest BCUT2D eigenvalue weighted by atomic mass is 9.77. The van der Waals surface area contributed by atoms with Crippen LogP contribution in [0.25, 0.3) is 153 Å². The Balaban J connectivity index is 0.000000155. The first kappa shape index (κ1) is 59.1. The summed E-state index contributed by atoms with van der Waals surface area (Å²) in [6.45, 7) is 23.9. The molecule has 454 valence electrons. The molecule has 93 heavy (non-hydrogen) atoms. The maximum Gasteiger partial charge on any atom is 0.0491 e. The summed E-state index contributed by atoms with van der Waals surface area (Å²) in [5.41, 5.74) is 24.6. The predicted molar refractivity (Wildman–Crippen MR) is 404 cm³/mol. The molecular weight excluding hydrogens is 1120 g/mol. The molecule has 0 saturated heterocycles. The highest BCUT2D eigenvalue weighted by Crippen LogP contribution is 2.48. The lowest BCUT2D eigenvalue weighted by molar-refractivity contribution is 0.569. The maximum atomic E-state index is 2.44. The average molecular weight is 1200 g/mol. The van der Waals surface area contributed by atoms with Gasteiger partial charge in [0.15, 0.2) is 0 Å². The Morgan fingerprint density at radius 3 is 0.946 bits per heavy atom. The van der Waals surface area contributed by atoms with Crippen molar-refractivity contribution in [3.8, 4) is 66.8 Å². The van der Waals surface area contributed by atoms with Gasteiger partial charge >= 0.3 is 0 Å². The van der Waals surface area contributed by atoms with Crippen molar-refractivity contribution >= 4 is 86.7 Å². The van der Waals surface area contributed by atoms with Crippen molar-refractivity contribution in [1.29, 1.82) is 0 Å². The Morgan fingerprint density at radius 1 is 0.226 bits per heavy atom. The minimum absolute atomic E-state index is 0.0382. The number of fused-ring (bicyclic) bond motifs is 10. The van der Waals surface area contributed by atoms with Crippen LogP contribution in [0.15, 0.2) is 273 Å². The first-order valence-corrected chi connectivity index (χ1v) is 33.3. The van der Waals surface area contributed by atoms with Crippen LogP contribution in [0.3, 0.4) is 0 Å². The van der Waals surface area contributed by atoms with Crippen molar-refractivity contribution < 1.29 is 0 Å². The maximum absolute atomic E-state index is 2.44. The zero-order valence-electron chi connectivity index (χ0n) is 55.6. The van der Waals surface area contributed by atoms with Gasteiger partial charge in [0.25, 0.3) is 0 Å². The molecule has 0 aliphatic rings. The molecule has 0 aliphatic carbocycles. The second-order valence-electron chi connectivity index (χ2n) is 28.8. The van der Waals surface area contributed by atoms with Gasteiger partial charge in [-0.1, -0.05) is 287 Å². The van der Waals surface area contributed by atoms with E-state index in [2.05, 4.69) is 358 Å². The van der Waals surface area contributed by atoms with E-state index in [1.807, 2.05) is 0 Å². The van der Waals surface area contributed by atoms with Crippen molar-refractivity contribution in [2.45, 2.75) is 92.0 Å². The van der Waals surface area contributed by atoms with Crippen LogP contribution < -0.4 is 0 Å². The fourth-order valence-corrected chi connectivity index (χ4v) is 14.9. The summed E-state index contributed by atoms with van der Waals surface area (Å²) < 4.78 is 4.72. The van der Waals surface area contributed by atoms with Gasteiger partial charge in [-0.2, -0.15) is 0 Å². The first-order valence-electron chi connectivity index (χ1n) is 33.3. The number of aryl methyl sites for hydroxylation is 2. The third-order valence-corrected chi connectivity index (χ3v) is 19.8. The van der Waals surface area contributed by atoms with Gasteiger partial charge < -0.3 is 9.13 Å². The Labute approximate surface area is 548 Å². The van der Waals surface area contributed by atoms with Crippen LogP contribution in [-0.4, -0.2) is 9.13 Å². The van der Waals surface area contributed by atoms with E-state index in [9.17, 15) is 0 Å². The number of hydrogen-bond acceptors (Lipinski definition) is 0. The van der Waals surface area contributed by atoms with Crippen molar-refractivity contribution in [2.75, 3.05) is 0 Å². The molecule has 2 nitrogen and oxygen atoms in total. The molecule has 0 fully saturated rings. The van der Waals surface area contributed by atoms with E-state index in [1.165, 1.54) is 170 Å². The summed E-state index contributed by atoms with van der Waals surface area (Å²) in [5, 5.41) is 15.5. The van der Waals surface area contributed by atoms with E-state index < -0.39 is 0 Å². The topological polar surface area (TPSA) is 9.86 Å². The smallest absolute Gasteiger partial charge is 0.0491 e. The number of aromatic nitrogens is 2. The molecule has 0 bridgehead atoms. The summed E-state index contributed by atoms with van der Waals surface area (Å²) in [7, 11) is 2.16. The number of nitrogens with zero attached hydrogens (tertiary/aromatic N) is 2. The Bertz CT molecular complexity index is 5460.